The summed E-state index contributed by atoms with van der Waals surface area (Å²) in [5.74, 6) is -1.69. The standard InChI is InChI=1S/C10H6ClFN2O2/c11-6-1-2-7(12)9(5-6)14-4-3-8(13-14)10(15)16/h1-5H,(H,15,16). The Labute approximate surface area is 94.9 Å². The summed E-state index contributed by atoms with van der Waals surface area (Å²) >= 11 is 5.71. The van der Waals surface area contributed by atoms with Crippen molar-refractivity contribution in [2.24, 2.45) is 0 Å². The first-order valence-corrected chi connectivity index (χ1v) is 4.70. The van der Waals surface area contributed by atoms with Gasteiger partial charge >= 0.3 is 5.97 Å². The number of carboxylic acid groups (broad SMARTS) is 1. The van der Waals surface area contributed by atoms with Gasteiger partial charge in [0, 0.05) is 11.2 Å². The average Bonchev–Trinajstić information content (AvgIpc) is 2.70. The number of benzene rings is 1. The fraction of sp³-hybridized carbons (Fsp3) is 0. The molecule has 1 aromatic heterocycles. The Bertz CT molecular complexity index is 554. The highest BCUT2D eigenvalue weighted by atomic mass is 35.5. The van der Waals surface area contributed by atoms with Crippen LogP contribution in [0.1, 0.15) is 10.5 Å². The lowest BCUT2D eigenvalue weighted by Gasteiger charge is -2.02. The molecule has 0 aliphatic carbocycles. The lowest BCUT2D eigenvalue weighted by molar-refractivity contribution is 0.0690. The van der Waals surface area contributed by atoms with Crippen LogP contribution in [0.5, 0.6) is 0 Å². The van der Waals surface area contributed by atoms with Crippen LogP contribution in [-0.2, 0) is 0 Å². The van der Waals surface area contributed by atoms with Gasteiger partial charge in [-0.2, -0.15) is 5.10 Å². The Morgan fingerprint density at radius 1 is 1.44 bits per heavy atom. The van der Waals surface area contributed by atoms with E-state index in [2.05, 4.69) is 5.10 Å². The van der Waals surface area contributed by atoms with Crippen LogP contribution < -0.4 is 0 Å². The van der Waals surface area contributed by atoms with Gasteiger partial charge in [0.05, 0.1) is 0 Å². The summed E-state index contributed by atoms with van der Waals surface area (Å²) in [6, 6.07) is 5.25. The van der Waals surface area contributed by atoms with Gasteiger partial charge in [-0.25, -0.2) is 13.9 Å². The second-order valence-corrected chi connectivity index (χ2v) is 3.48. The largest absolute Gasteiger partial charge is 0.476 e. The van der Waals surface area contributed by atoms with Crippen molar-refractivity contribution < 1.29 is 14.3 Å². The fourth-order valence-electron chi connectivity index (χ4n) is 1.23. The summed E-state index contributed by atoms with van der Waals surface area (Å²) in [7, 11) is 0. The maximum Gasteiger partial charge on any atom is 0.356 e. The zero-order valence-corrected chi connectivity index (χ0v) is 8.65. The van der Waals surface area contributed by atoms with Crippen LogP contribution in [0.15, 0.2) is 30.5 Å². The molecule has 1 heterocycles. The number of rotatable bonds is 2. The van der Waals surface area contributed by atoms with Crippen LogP contribution in [0, 0.1) is 5.82 Å². The average molecular weight is 241 g/mol. The summed E-state index contributed by atoms with van der Waals surface area (Å²) in [5.41, 5.74) is -0.0422. The van der Waals surface area contributed by atoms with Crippen molar-refractivity contribution >= 4 is 17.6 Å². The van der Waals surface area contributed by atoms with Gasteiger partial charge in [-0.3, -0.25) is 0 Å². The molecule has 6 heteroatoms. The van der Waals surface area contributed by atoms with Gasteiger partial charge in [0.2, 0.25) is 0 Å². The summed E-state index contributed by atoms with van der Waals surface area (Å²) in [6.07, 6.45) is 1.36. The molecular formula is C10H6ClFN2O2. The summed E-state index contributed by atoms with van der Waals surface area (Å²) < 4.78 is 14.5. The van der Waals surface area contributed by atoms with Gasteiger partial charge in [0.15, 0.2) is 5.69 Å². The van der Waals surface area contributed by atoms with Crippen molar-refractivity contribution in [2.45, 2.75) is 0 Å². The summed E-state index contributed by atoms with van der Waals surface area (Å²) in [6.45, 7) is 0. The molecule has 0 aliphatic rings. The molecule has 0 amide bonds. The van der Waals surface area contributed by atoms with Gasteiger partial charge in [-0.15, -0.1) is 0 Å². The van der Waals surface area contributed by atoms with Crippen LogP contribution in [0.25, 0.3) is 5.69 Å². The van der Waals surface area contributed by atoms with Crippen molar-refractivity contribution in [3.8, 4) is 5.69 Å². The molecule has 2 rings (SSSR count). The number of carboxylic acids is 1. The first-order valence-electron chi connectivity index (χ1n) is 4.32. The number of nitrogens with zero attached hydrogens (tertiary/aromatic N) is 2. The molecule has 0 bridgehead atoms. The van der Waals surface area contributed by atoms with E-state index in [-0.39, 0.29) is 11.4 Å². The molecule has 1 N–H and O–H groups in total. The van der Waals surface area contributed by atoms with E-state index >= 15 is 0 Å². The van der Waals surface area contributed by atoms with E-state index < -0.39 is 11.8 Å². The minimum Gasteiger partial charge on any atom is -0.476 e. The third kappa shape index (κ3) is 1.90. The Morgan fingerprint density at radius 3 is 2.81 bits per heavy atom. The Balaban J connectivity index is 2.50. The Hall–Kier alpha value is -1.88. The number of hydrogen-bond acceptors (Lipinski definition) is 2. The van der Waals surface area contributed by atoms with Crippen molar-refractivity contribution in [2.75, 3.05) is 0 Å². The second-order valence-electron chi connectivity index (χ2n) is 3.05. The zero-order chi connectivity index (χ0) is 11.7. The molecule has 2 aromatic rings. The molecule has 4 nitrogen and oxygen atoms in total. The maximum atomic E-state index is 13.4. The topological polar surface area (TPSA) is 55.1 Å². The third-order valence-electron chi connectivity index (χ3n) is 1.96. The SMILES string of the molecule is O=C(O)c1ccn(-c2cc(Cl)ccc2F)n1. The van der Waals surface area contributed by atoms with Crippen LogP contribution in [-0.4, -0.2) is 20.9 Å². The van der Waals surface area contributed by atoms with E-state index in [0.717, 1.165) is 4.68 Å². The van der Waals surface area contributed by atoms with Gasteiger partial charge in [-0.05, 0) is 24.3 Å². The molecular weight excluding hydrogens is 235 g/mol. The quantitative estimate of drug-likeness (QED) is 0.877. The van der Waals surface area contributed by atoms with Crippen LogP contribution in [0.3, 0.4) is 0 Å². The molecule has 0 aliphatic heterocycles. The molecule has 0 radical (unpaired) electrons. The number of aromatic nitrogens is 2. The van der Waals surface area contributed by atoms with Crippen LogP contribution in [0.4, 0.5) is 4.39 Å². The first kappa shape index (κ1) is 10.6. The van der Waals surface area contributed by atoms with E-state index in [1.54, 1.807) is 0 Å². The lowest BCUT2D eigenvalue weighted by atomic mass is 10.3. The van der Waals surface area contributed by atoms with Gasteiger partial charge in [0.25, 0.3) is 0 Å². The molecule has 0 unspecified atom stereocenters. The van der Waals surface area contributed by atoms with Crippen molar-refractivity contribution in [1.29, 1.82) is 0 Å². The first-order chi connectivity index (χ1) is 7.58. The predicted octanol–water partition coefficient (Wildman–Crippen LogP) is 2.36. The minimum absolute atomic E-state index is 0.111. The number of aromatic carboxylic acids is 1. The lowest BCUT2D eigenvalue weighted by Crippen LogP contribution is -2.02. The molecule has 0 spiro atoms. The van der Waals surface area contributed by atoms with Crippen LogP contribution in [0.2, 0.25) is 5.02 Å². The third-order valence-corrected chi connectivity index (χ3v) is 2.20. The second kappa shape index (κ2) is 3.94. The van der Waals surface area contributed by atoms with E-state index in [0.29, 0.717) is 5.02 Å². The van der Waals surface area contributed by atoms with Crippen molar-refractivity contribution in [3.05, 3.63) is 47.0 Å². The molecule has 0 atom stereocenters. The van der Waals surface area contributed by atoms with Crippen molar-refractivity contribution in [1.82, 2.24) is 9.78 Å². The van der Waals surface area contributed by atoms with Crippen LogP contribution >= 0.6 is 11.6 Å². The van der Waals surface area contributed by atoms with E-state index in [1.165, 1.54) is 30.5 Å². The smallest absolute Gasteiger partial charge is 0.356 e. The number of hydrogen-bond donors (Lipinski definition) is 1. The van der Waals surface area contributed by atoms with E-state index in [9.17, 15) is 9.18 Å². The fourth-order valence-corrected chi connectivity index (χ4v) is 1.40. The molecule has 1 aromatic carbocycles. The highest BCUT2D eigenvalue weighted by molar-refractivity contribution is 6.30. The van der Waals surface area contributed by atoms with E-state index in [4.69, 9.17) is 16.7 Å². The Morgan fingerprint density at radius 2 is 2.19 bits per heavy atom. The molecule has 16 heavy (non-hydrogen) atoms. The molecule has 82 valence electrons. The normalized spacial score (nSPS) is 10.4. The van der Waals surface area contributed by atoms with Gasteiger partial charge < -0.3 is 5.11 Å². The molecule has 0 fully saturated rings. The van der Waals surface area contributed by atoms with Crippen molar-refractivity contribution in [3.63, 3.8) is 0 Å². The highest BCUT2D eigenvalue weighted by Gasteiger charge is 2.10. The maximum absolute atomic E-state index is 13.4. The van der Waals surface area contributed by atoms with Gasteiger partial charge in [0.1, 0.15) is 11.5 Å². The minimum atomic E-state index is -1.17. The zero-order valence-electron chi connectivity index (χ0n) is 7.89. The number of halogens is 2. The van der Waals surface area contributed by atoms with E-state index in [1.807, 2.05) is 0 Å². The highest BCUT2D eigenvalue weighted by Crippen LogP contribution is 2.18. The monoisotopic (exact) mass is 240 g/mol. The predicted molar refractivity (Wildman–Crippen MR) is 55.5 cm³/mol. The summed E-state index contributed by atoms with van der Waals surface area (Å²) in [5, 5.41) is 12.7. The Kier molecular flexibility index (Phi) is 2.62. The van der Waals surface area contributed by atoms with Gasteiger partial charge in [-0.1, -0.05) is 11.6 Å². The molecule has 0 saturated carbocycles. The molecule has 0 saturated heterocycles. The number of carbonyl (C=O) groups is 1. The summed E-state index contributed by atoms with van der Waals surface area (Å²) in [4.78, 5) is 10.6.